The third kappa shape index (κ3) is 2.54. The summed E-state index contributed by atoms with van der Waals surface area (Å²) in [6, 6.07) is 10.9. The van der Waals surface area contributed by atoms with Crippen molar-refractivity contribution in [2.45, 2.75) is 12.3 Å². The maximum atomic E-state index is 12.4. The summed E-state index contributed by atoms with van der Waals surface area (Å²) in [5.41, 5.74) is 2.63. The average Bonchev–Trinajstić information content (AvgIpc) is 2.69. The maximum absolute atomic E-state index is 12.4. The van der Waals surface area contributed by atoms with E-state index in [0.717, 1.165) is 16.9 Å². The van der Waals surface area contributed by atoms with Crippen LogP contribution in [0.15, 0.2) is 57.4 Å². The normalized spacial score (nSPS) is 18.2. The Morgan fingerprint density at radius 2 is 1.89 bits per heavy atom. The van der Waals surface area contributed by atoms with Crippen LogP contribution in [-0.4, -0.2) is 12.6 Å². The molecule has 0 bridgehead atoms. The van der Waals surface area contributed by atoms with Crippen molar-refractivity contribution in [3.05, 3.63) is 74.6 Å². The van der Waals surface area contributed by atoms with Crippen LogP contribution in [0.2, 0.25) is 5.02 Å². The zero-order chi connectivity index (χ0) is 18.5. The molecule has 0 saturated heterocycles. The van der Waals surface area contributed by atoms with Crippen LogP contribution < -0.4 is 14.9 Å². The summed E-state index contributed by atoms with van der Waals surface area (Å²) in [5, 5.41) is 0.378. The van der Waals surface area contributed by atoms with Crippen LogP contribution in [-0.2, 0) is 4.79 Å². The van der Waals surface area contributed by atoms with E-state index in [4.69, 9.17) is 25.5 Å². The van der Waals surface area contributed by atoms with Gasteiger partial charge in [0.15, 0.2) is 0 Å². The molecule has 3 aromatic rings. The molecule has 5 rings (SSSR count). The van der Waals surface area contributed by atoms with Crippen LogP contribution >= 0.6 is 11.6 Å². The lowest BCUT2D eigenvalue weighted by molar-refractivity contribution is -0.135. The fourth-order valence-corrected chi connectivity index (χ4v) is 3.83. The Kier molecular flexibility index (Phi) is 3.58. The minimum absolute atomic E-state index is 0.0148. The third-order valence-electron chi connectivity index (χ3n) is 4.94. The maximum Gasteiger partial charge on any atom is 0.312 e. The van der Waals surface area contributed by atoms with Gasteiger partial charge in [0.2, 0.25) is 5.43 Å². The van der Waals surface area contributed by atoms with Gasteiger partial charge in [-0.05, 0) is 29.8 Å². The molecule has 0 amide bonds. The Morgan fingerprint density at radius 1 is 1.04 bits per heavy atom. The molecule has 0 aliphatic carbocycles. The number of fused-ring (bicyclic) bond motifs is 4. The number of para-hydroxylation sites is 1. The van der Waals surface area contributed by atoms with Crippen LogP contribution in [0.3, 0.4) is 0 Å². The molecule has 1 unspecified atom stereocenters. The SMILES string of the molecule is O=C1CC(C2=Cc3ccccc3OC2)c2c(ccc3c(=O)c(Cl)coc23)O1. The van der Waals surface area contributed by atoms with Gasteiger partial charge in [0.25, 0.3) is 0 Å². The van der Waals surface area contributed by atoms with Crippen molar-refractivity contribution in [1.82, 2.24) is 0 Å². The highest BCUT2D eigenvalue weighted by Crippen LogP contribution is 2.44. The lowest BCUT2D eigenvalue weighted by atomic mass is 9.83. The molecule has 0 radical (unpaired) electrons. The van der Waals surface area contributed by atoms with Gasteiger partial charge < -0.3 is 13.9 Å². The van der Waals surface area contributed by atoms with Gasteiger partial charge in [0.1, 0.15) is 35.0 Å². The average molecular weight is 381 g/mol. The van der Waals surface area contributed by atoms with E-state index in [9.17, 15) is 9.59 Å². The van der Waals surface area contributed by atoms with Crippen molar-refractivity contribution in [2.24, 2.45) is 0 Å². The predicted molar refractivity (Wildman–Crippen MR) is 100 cm³/mol. The largest absolute Gasteiger partial charge is 0.489 e. The smallest absolute Gasteiger partial charge is 0.312 e. The Hall–Kier alpha value is -3.05. The standard InChI is InChI=1S/C21H13ClO5/c22-15-10-26-21-13(20(15)24)5-6-17-19(21)14(8-18(23)27-17)12-7-11-3-1-2-4-16(11)25-9-12/h1-7,10,14H,8-9H2. The molecule has 0 spiro atoms. The highest BCUT2D eigenvalue weighted by atomic mass is 35.5. The van der Waals surface area contributed by atoms with Crippen LogP contribution in [0, 0.1) is 0 Å². The van der Waals surface area contributed by atoms with Crippen molar-refractivity contribution >= 4 is 34.6 Å². The summed E-state index contributed by atoms with van der Waals surface area (Å²) in [6.45, 7) is 0.350. The summed E-state index contributed by atoms with van der Waals surface area (Å²) < 4.78 is 16.9. The lowest BCUT2D eigenvalue weighted by Gasteiger charge is -2.29. The first kappa shape index (κ1) is 16.1. The molecule has 2 aromatic carbocycles. The van der Waals surface area contributed by atoms with E-state index < -0.39 is 0 Å². The molecule has 0 N–H and O–H groups in total. The third-order valence-corrected chi connectivity index (χ3v) is 5.20. The van der Waals surface area contributed by atoms with Crippen LogP contribution in [0.5, 0.6) is 11.5 Å². The van der Waals surface area contributed by atoms with Gasteiger partial charge in [-0.25, -0.2) is 0 Å². The Morgan fingerprint density at radius 3 is 2.78 bits per heavy atom. The highest BCUT2D eigenvalue weighted by Gasteiger charge is 2.34. The first-order chi connectivity index (χ1) is 13.1. The number of benzene rings is 2. The molecular weight excluding hydrogens is 368 g/mol. The topological polar surface area (TPSA) is 65.7 Å². The lowest BCUT2D eigenvalue weighted by Crippen LogP contribution is -2.25. The number of ether oxygens (including phenoxy) is 2. The van der Waals surface area contributed by atoms with Crippen molar-refractivity contribution < 1.29 is 18.7 Å². The van der Waals surface area contributed by atoms with Gasteiger partial charge in [-0.1, -0.05) is 29.8 Å². The van der Waals surface area contributed by atoms with Gasteiger partial charge in [0, 0.05) is 17.0 Å². The van der Waals surface area contributed by atoms with Gasteiger partial charge in [0.05, 0.1) is 11.8 Å². The van der Waals surface area contributed by atoms with Gasteiger partial charge >= 0.3 is 5.97 Å². The fraction of sp³-hybridized carbons (Fsp3) is 0.143. The molecule has 1 atom stereocenters. The number of esters is 1. The number of carbonyl (C=O) groups excluding carboxylic acids is 1. The number of halogens is 1. The molecule has 27 heavy (non-hydrogen) atoms. The van der Waals surface area contributed by atoms with E-state index in [1.54, 1.807) is 12.1 Å². The zero-order valence-electron chi connectivity index (χ0n) is 14.0. The molecule has 2 aliphatic rings. The van der Waals surface area contributed by atoms with Gasteiger partial charge in [-0.15, -0.1) is 0 Å². The molecular formula is C21H13ClO5. The minimum atomic E-state index is -0.331. The number of rotatable bonds is 1. The van der Waals surface area contributed by atoms with Gasteiger partial charge in [-0.2, -0.15) is 0 Å². The van der Waals surface area contributed by atoms with Crippen LogP contribution in [0.1, 0.15) is 23.5 Å². The first-order valence-corrected chi connectivity index (χ1v) is 8.86. The van der Waals surface area contributed by atoms with E-state index in [-0.39, 0.29) is 28.8 Å². The minimum Gasteiger partial charge on any atom is -0.489 e. The second-order valence-electron chi connectivity index (χ2n) is 6.54. The Balaban J connectivity index is 1.74. The monoisotopic (exact) mass is 380 g/mol. The van der Waals surface area contributed by atoms with Crippen molar-refractivity contribution in [3.8, 4) is 11.5 Å². The van der Waals surface area contributed by atoms with E-state index in [2.05, 4.69) is 0 Å². The molecule has 0 fully saturated rings. The Bertz CT molecular complexity index is 1190. The highest BCUT2D eigenvalue weighted by molar-refractivity contribution is 6.30. The zero-order valence-corrected chi connectivity index (χ0v) is 14.8. The van der Waals surface area contributed by atoms with Crippen molar-refractivity contribution in [1.29, 1.82) is 0 Å². The van der Waals surface area contributed by atoms with Crippen LogP contribution in [0.25, 0.3) is 17.0 Å². The van der Waals surface area contributed by atoms with E-state index >= 15 is 0 Å². The summed E-state index contributed by atoms with van der Waals surface area (Å²) >= 11 is 5.91. The van der Waals surface area contributed by atoms with Crippen molar-refractivity contribution in [3.63, 3.8) is 0 Å². The summed E-state index contributed by atoms with van der Waals surface area (Å²) in [5.74, 6) is 0.565. The first-order valence-electron chi connectivity index (χ1n) is 8.48. The fourth-order valence-electron chi connectivity index (χ4n) is 3.68. The Labute approximate surface area is 158 Å². The molecule has 2 aliphatic heterocycles. The molecule has 1 aromatic heterocycles. The number of hydrogen-bond donors (Lipinski definition) is 0. The van der Waals surface area contributed by atoms with Crippen molar-refractivity contribution in [2.75, 3.05) is 6.61 Å². The predicted octanol–water partition coefficient (Wildman–Crippen LogP) is 4.32. The quantitative estimate of drug-likeness (QED) is 0.464. The van der Waals surface area contributed by atoms with E-state index in [0.29, 0.717) is 28.9 Å². The van der Waals surface area contributed by atoms with E-state index in [1.165, 1.54) is 6.26 Å². The second-order valence-corrected chi connectivity index (χ2v) is 6.95. The second kappa shape index (κ2) is 5.99. The molecule has 5 nitrogen and oxygen atoms in total. The van der Waals surface area contributed by atoms with Crippen LogP contribution in [0.4, 0.5) is 0 Å². The summed E-state index contributed by atoms with van der Waals surface area (Å²) in [6.07, 6.45) is 3.40. The summed E-state index contributed by atoms with van der Waals surface area (Å²) in [7, 11) is 0. The van der Waals surface area contributed by atoms with E-state index in [1.807, 2.05) is 30.3 Å². The molecule has 3 heterocycles. The number of hydrogen-bond acceptors (Lipinski definition) is 5. The summed E-state index contributed by atoms with van der Waals surface area (Å²) in [4.78, 5) is 24.6. The van der Waals surface area contributed by atoms with Gasteiger partial charge in [-0.3, -0.25) is 9.59 Å². The molecule has 134 valence electrons. The molecule has 0 saturated carbocycles. The molecule has 6 heteroatoms. The number of carbonyl (C=O) groups is 1.